The van der Waals surface area contributed by atoms with Gasteiger partial charge in [0.15, 0.2) is 5.96 Å². The van der Waals surface area contributed by atoms with Crippen molar-refractivity contribution in [1.29, 1.82) is 0 Å². The molecule has 29 heavy (non-hydrogen) atoms. The Morgan fingerprint density at radius 1 is 1.00 bits per heavy atom. The van der Waals surface area contributed by atoms with Crippen LogP contribution in [0.2, 0.25) is 0 Å². The molecular formula is C23H37N5O. The van der Waals surface area contributed by atoms with E-state index in [4.69, 9.17) is 0 Å². The molecule has 2 saturated heterocycles. The lowest BCUT2D eigenvalue weighted by Crippen LogP contribution is -2.54. The van der Waals surface area contributed by atoms with Gasteiger partial charge in [0.25, 0.3) is 0 Å². The second-order valence-electron chi connectivity index (χ2n) is 8.44. The lowest BCUT2D eigenvalue weighted by atomic mass is 10.0. The molecule has 1 amide bonds. The molecule has 1 unspecified atom stereocenters. The maximum absolute atomic E-state index is 12.5. The van der Waals surface area contributed by atoms with Crippen LogP contribution >= 0.6 is 0 Å². The molecule has 1 N–H and O–H groups in total. The van der Waals surface area contributed by atoms with Gasteiger partial charge < -0.3 is 15.1 Å². The molecule has 0 radical (unpaired) electrons. The van der Waals surface area contributed by atoms with Crippen LogP contribution in [-0.2, 0) is 4.79 Å². The normalized spacial score (nSPS) is 19.9. The molecule has 1 aromatic carbocycles. The number of benzene rings is 1. The first-order chi connectivity index (χ1) is 14.1. The van der Waals surface area contributed by atoms with Crippen molar-refractivity contribution in [2.75, 3.05) is 59.4 Å². The van der Waals surface area contributed by atoms with E-state index in [0.29, 0.717) is 18.4 Å². The first-order valence-corrected chi connectivity index (χ1v) is 11.1. The molecule has 1 aromatic rings. The van der Waals surface area contributed by atoms with Crippen molar-refractivity contribution in [1.82, 2.24) is 20.0 Å². The van der Waals surface area contributed by atoms with Gasteiger partial charge in [-0.3, -0.25) is 14.7 Å². The zero-order valence-corrected chi connectivity index (χ0v) is 18.4. The molecule has 160 valence electrons. The molecule has 6 heteroatoms. The molecule has 0 saturated carbocycles. The molecule has 0 spiro atoms. The Bertz CT molecular complexity index is 673. The summed E-state index contributed by atoms with van der Waals surface area (Å²) >= 11 is 0. The van der Waals surface area contributed by atoms with Crippen molar-refractivity contribution in [3.8, 4) is 0 Å². The van der Waals surface area contributed by atoms with Crippen molar-refractivity contribution < 1.29 is 4.79 Å². The van der Waals surface area contributed by atoms with E-state index >= 15 is 0 Å². The van der Waals surface area contributed by atoms with Crippen molar-refractivity contribution >= 4 is 11.9 Å². The van der Waals surface area contributed by atoms with Crippen LogP contribution < -0.4 is 5.32 Å². The first-order valence-electron chi connectivity index (χ1n) is 11.1. The van der Waals surface area contributed by atoms with E-state index in [1.165, 1.54) is 17.5 Å². The highest BCUT2D eigenvalue weighted by atomic mass is 16.2. The van der Waals surface area contributed by atoms with E-state index in [1.807, 2.05) is 11.9 Å². The van der Waals surface area contributed by atoms with Crippen molar-refractivity contribution in [3.63, 3.8) is 0 Å². The second-order valence-corrected chi connectivity index (χ2v) is 8.44. The Balaban J connectivity index is 1.42. The predicted molar refractivity (Wildman–Crippen MR) is 119 cm³/mol. The number of piperazine rings is 1. The summed E-state index contributed by atoms with van der Waals surface area (Å²) in [6.07, 6.45) is 3.57. The third-order valence-electron chi connectivity index (χ3n) is 6.16. The summed E-state index contributed by atoms with van der Waals surface area (Å²) in [5.41, 5.74) is 2.64. The molecule has 3 rings (SSSR count). The third-order valence-corrected chi connectivity index (χ3v) is 6.16. The SMILES string of the molecule is CN=C(NCC(C)c1ccc(C)cc1)N1CCN(CC(=O)N2CCCCC2)CC1. The van der Waals surface area contributed by atoms with Crippen molar-refractivity contribution in [2.45, 2.75) is 39.0 Å². The van der Waals surface area contributed by atoms with Crippen LogP contribution in [0, 0.1) is 6.92 Å². The number of nitrogens with zero attached hydrogens (tertiary/aromatic N) is 4. The average Bonchev–Trinajstić information content (AvgIpc) is 2.76. The fourth-order valence-corrected chi connectivity index (χ4v) is 4.14. The van der Waals surface area contributed by atoms with Gasteiger partial charge in [0.05, 0.1) is 6.54 Å². The fraction of sp³-hybridized carbons (Fsp3) is 0.652. The topological polar surface area (TPSA) is 51.2 Å². The highest BCUT2D eigenvalue weighted by Gasteiger charge is 2.24. The summed E-state index contributed by atoms with van der Waals surface area (Å²) < 4.78 is 0. The number of carbonyl (C=O) groups is 1. The average molecular weight is 400 g/mol. The van der Waals surface area contributed by atoms with Crippen molar-refractivity contribution in [2.24, 2.45) is 4.99 Å². The molecule has 2 aliphatic heterocycles. The van der Waals surface area contributed by atoms with Crippen molar-refractivity contribution in [3.05, 3.63) is 35.4 Å². The Morgan fingerprint density at radius 2 is 1.66 bits per heavy atom. The number of nitrogens with one attached hydrogen (secondary N) is 1. The van der Waals surface area contributed by atoms with Crippen LogP contribution in [-0.4, -0.2) is 86.0 Å². The van der Waals surface area contributed by atoms with Gasteiger partial charge in [-0.2, -0.15) is 0 Å². The molecule has 0 bridgehead atoms. The molecule has 2 heterocycles. The highest BCUT2D eigenvalue weighted by molar-refractivity contribution is 5.80. The minimum absolute atomic E-state index is 0.299. The minimum atomic E-state index is 0.299. The van der Waals surface area contributed by atoms with Gasteiger partial charge in [0, 0.05) is 52.9 Å². The predicted octanol–water partition coefficient (Wildman–Crippen LogP) is 2.30. The molecule has 2 aliphatic rings. The van der Waals surface area contributed by atoms with Gasteiger partial charge in [-0.15, -0.1) is 0 Å². The number of rotatable bonds is 5. The van der Waals surface area contributed by atoms with Crippen LogP contribution in [0.1, 0.15) is 43.2 Å². The number of piperidine rings is 1. The monoisotopic (exact) mass is 399 g/mol. The molecule has 0 aliphatic carbocycles. The Morgan fingerprint density at radius 3 is 2.28 bits per heavy atom. The van der Waals surface area contributed by atoms with Gasteiger partial charge in [-0.1, -0.05) is 36.8 Å². The first kappa shape index (κ1) is 21.6. The number of amides is 1. The fourth-order valence-electron chi connectivity index (χ4n) is 4.14. The maximum Gasteiger partial charge on any atom is 0.236 e. The number of likely N-dealkylation sites (tertiary alicyclic amines) is 1. The summed E-state index contributed by atoms with van der Waals surface area (Å²) in [5.74, 6) is 1.69. The smallest absolute Gasteiger partial charge is 0.236 e. The van der Waals surface area contributed by atoms with E-state index in [2.05, 4.69) is 58.2 Å². The molecule has 2 fully saturated rings. The van der Waals surface area contributed by atoms with Crippen LogP contribution in [0.5, 0.6) is 0 Å². The standard InChI is InChI=1S/C23H37N5O/c1-19-7-9-21(10-8-19)20(2)17-25-23(24-3)28-15-13-26(14-16-28)18-22(29)27-11-5-4-6-12-27/h7-10,20H,4-6,11-18H2,1-3H3,(H,24,25). The number of hydrogen-bond acceptors (Lipinski definition) is 3. The van der Waals surface area contributed by atoms with E-state index in [9.17, 15) is 4.79 Å². The van der Waals surface area contributed by atoms with E-state index in [1.54, 1.807) is 0 Å². The van der Waals surface area contributed by atoms with E-state index in [-0.39, 0.29) is 0 Å². The van der Waals surface area contributed by atoms with E-state index < -0.39 is 0 Å². The largest absolute Gasteiger partial charge is 0.356 e. The Hall–Kier alpha value is -2.08. The van der Waals surface area contributed by atoms with Crippen LogP contribution in [0.25, 0.3) is 0 Å². The zero-order valence-electron chi connectivity index (χ0n) is 18.4. The number of aryl methyl sites for hydroxylation is 1. The Kier molecular flexibility index (Phi) is 7.92. The lowest BCUT2D eigenvalue weighted by Gasteiger charge is -2.37. The van der Waals surface area contributed by atoms with Gasteiger partial charge in [-0.25, -0.2) is 0 Å². The summed E-state index contributed by atoms with van der Waals surface area (Å²) in [7, 11) is 1.85. The summed E-state index contributed by atoms with van der Waals surface area (Å²) in [6, 6.07) is 8.77. The number of guanidine groups is 1. The molecule has 0 aromatic heterocycles. The number of aliphatic imine (C=N–C) groups is 1. The summed E-state index contributed by atoms with van der Waals surface area (Å²) in [6.45, 7) is 11.3. The summed E-state index contributed by atoms with van der Waals surface area (Å²) in [5, 5.41) is 3.54. The van der Waals surface area contributed by atoms with Crippen LogP contribution in [0.15, 0.2) is 29.3 Å². The maximum atomic E-state index is 12.5. The lowest BCUT2D eigenvalue weighted by molar-refractivity contribution is -0.133. The van der Waals surface area contributed by atoms with Gasteiger partial charge in [0.2, 0.25) is 5.91 Å². The molecule has 1 atom stereocenters. The zero-order chi connectivity index (χ0) is 20.6. The molecule has 6 nitrogen and oxygen atoms in total. The Labute approximate surface area is 176 Å². The third kappa shape index (κ3) is 6.20. The number of carbonyl (C=O) groups excluding carboxylic acids is 1. The highest BCUT2D eigenvalue weighted by Crippen LogP contribution is 2.15. The number of hydrogen-bond donors (Lipinski definition) is 1. The second kappa shape index (κ2) is 10.6. The van der Waals surface area contributed by atoms with E-state index in [0.717, 1.165) is 64.6 Å². The van der Waals surface area contributed by atoms with Gasteiger partial charge in [0.1, 0.15) is 0 Å². The quantitative estimate of drug-likeness (QED) is 0.610. The minimum Gasteiger partial charge on any atom is -0.356 e. The summed E-state index contributed by atoms with van der Waals surface area (Å²) in [4.78, 5) is 23.6. The van der Waals surface area contributed by atoms with Gasteiger partial charge >= 0.3 is 0 Å². The molecular weight excluding hydrogens is 362 g/mol. The van der Waals surface area contributed by atoms with Crippen LogP contribution in [0.3, 0.4) is 0 Å². The van der Waals surface area contributed by atoms with Gasteiger partial charge in [-0.05, 0) is 37.7 Å². The van der Waals surface area contributed by atoms with Crippen LogP contribution in [0.4, 0.5) is 0 Å².